The number of rotatable bonds is 5. The average molecular weight is 348 g/mol. The minimum Gasteiger partial charge on any atom is -0.481 e. The van der Waals surface area contributed by atoms with Crippen molar-refractivity contribution in [2.24, 2.45) is 0 Å². The molecule has 1 saturated carbocycles. The van der Waals surface area contributed by atoms with Crippen molar-refractivity contribution in [3.8, 4) is 17.3 Å². The SMILES string of the molecule is N#CC1(c2cccc(-c3cc4cc(SCC(=O)O)ccc4[nH]3)c2)CC1. The number of carbonyl (C=O) groups is 1. The molecule has 0 saturated heterocycles. The third-order valence-corrected chi connectivity index (χ3v) is 5.62. The topological polar surface area (TPSA) is 76.9 Å². The van der Waals surface area contributed by atoms with E-state index in [-0.39, 0.29) is 11.2 Å². The zero-order valence-electron chi connectivity index (χ0n) is 13.5. The highest BCUT2D eigenvalue weighted by Gasteiger charge is 2.44. The average Bonchev–Trinajstić information content (AvgIpc) is 3.32. The Balaban J connectivity index is 1.67. The summed E-state index contributed by atoms with van der Waals surface area (Å²) in [5, 5.41) is 19.3. The third-order valence-electron chi connectivity index (χ3n) is 4.64. The van der Waals surface area contributed by atoms with Gasteiger partial charge in [0.05, 0.1) is 17.2 Å². The molecule has 4 nitrogen and oxygen atoms in total. The Morgan fingerprint density at radius 2 is 2.08 bits per heavy atom. The molecule has 5 heteroatoms. The molecule has 0 spiro atoms. The first-order valence-electron chi connectivity index (χ1n) is 8.09. The molecule has 25 heavy (non-hydrogen) atoms. The van der Waals surface area contributed by atoms with E-state index in [4.69, 9.17) is 5.11 Å². The van der Waals surface area contributed by atoms with Crippen LogP contribution in [0.1, 0.15) is 18.4 Å². The van der Waals surface area contributed by atoms with E-state index in [0.717, 1.165) is 45.5 Å². The summed E-state index contributed by atoms with van der Waals surface area (Å²) in [6, 6.07) is 18.6. The lowest BCUT2D eigenvalue weighted by Gasteiger charge is -2.07. The van der Waals surface area contributed by atoms with Crippen LogP contribution in [0.5, 0.6) is 0 Å². The van der Waals surface area contributed by atoms with Crippen LogP contribution in [0.2, 0.25) is 0 Å². The zero-order chi connectivity index (χ0) is 17.4. The summed E-state index contributed by atoms with van der Waals surface area (Å²) in [5.74, 6) is -0.760. The predicted molar refractivity (Wildman–Crippen MR) is 98.6 cm³/mol. The maximum absolute atomic E-state index is 10.7. The predicted octanol–water partition coefficient (Wildman–Crippen LogP) is 4.57. The van der Waals surface area contributed by atoms with Crippen LogP contribution in [0, 0.1) is 11.3 Å². The van der Waals surface area contributed by atoms with Gasteiger partial charge in [-0.3, -0.25) is 4.79 Å². The van der Waals surface area contributed by atoms with Crippen molar-refractivity contribution in [3.05, 3.63) is 54.1 Å². The van der Waals surface area contributed by atoms with Gasteiger partial charge in [-0.15, -0.1) is 11.8 Å². The normalized spacial score (nSPS) is 15.0. The number of carboxylic acid groups (broad SMARTS) is 1. The van der Waals surface area contributed by atoms with Crippen LogP contribution >= 0.6 is 11.8 Å². The summed E-state index contributed by atoms with van der Waals surface area (Å²) in [6.07, 6.45) is 1.87. The number of hydrogen-bond acceptors (Lipinski definition) is 3. The maximum atomic E-state index is 10.7. The Morgan fingerprint density at radius 3 is 2.80 bits per heavy atom. The maximum Gasteiger partial charge on any atom is 0.313 e. The molecule has 1 fully saturated rings. The molecule has 1 aliphatic carbocycles. The van der Waals surface area contributed by atoms with Gasteiger partial charge in [-0.1, -0.05) is 18.2 Å². The summed E-state index contributed by atoms with van der Waals surface area (Å²) < 4.78 is 0. The van der Waals surface area contributed by atoms with Crippen LogP contribution in [0.25, 0.3) is 22.2 Å². The highest BCUT2D eigenvalue weighted by atomic mass is 32.2. The number of H-pyrrole nitrogens is 1. The van der Waals surface area contributed by atoms with Crippen LogP contribution < -0.4 is 0 Å². The molecule has 1 aliphatic rings. The molecule has 1 heterocycles. The highest BCUT2D eigenvalue weighted by molar-refractivity contribution is 8.00. The first kappa shape index (κ1) is 15.8. The number of aromatic amines is 1. The Hall–Kier alpha value is -2.71. The molecule has 1 aromatic heterocycles. The van der Waals surface area contributed by atoms with Gasteiger partial charge >= 0.3 is 5.97 Å². The van der Waals surface area contributed by atoms with Crippen LogP contribution in [0.4, 0.5) is 0 Å². The number of aliphatic carboxylic acids is 1. The number of nitrogens with zero attached hydrogens (tertiary/aromatic N) is 1. The fourth-order valence-corrected chi connectivity index (χ4v) is 3.74. The molecule has 4 rings (SSSR count). The van der Waals surface area contributed by atoms with Gasteiger partial charge in [0.15, 0.2) is 0 Å². The van der Waals surface area contributed by atoms with Crippen LogP contribution in [-0.4, -0.2) is 21.8 Å². The number of hydrogen-bond donors (Lipinski definition) is 2. The van der Waals surface area contributed by atoms with E-state index >= 15 is 0 Å². The summed E-state index contributed by atoms with van der Waals surface area (Å²) in [5.41, 5.74) is 3.88. The number of fused-ring (bicyclic) bond motifs is 1. The van der Waals surface area contributed by atoms with Crippen molar-refractivity contribution in [1.82, 2.24) is 4.98 Å². The van der Waals surface area contributed by atoms with Crippen molar-refractivity contribution in [2.75, 3.05) is 5.75 Å². The lowest BCUT2D eigenvalue weighted by molar-refractivity contribution is -0.133. The minimum absolute atomic E-state index is 0.0566. The molecule has 124 valence electrons. The molecule has 0 radical (unpaired) electrons. The van der Waals surface area contributed by atoms with Crippen molar-refractivity contribution in [1.29, 1.82) is 5.26 Å². The summed E-state index contributed by atoms with van der Waals surface area (Å²) in [7, 11) is 0. The Labute approximate surface area is 149 Å². The van der Waals surface area contributed by atoms with Crippen molar-refractivity contribution < 1.29 is 9.90 Å². The quantitative estimate of drug-likeness (QED) is 0.662. The Kier molecular flexibility index (Phi) is 3.78. The molecule has 2 N–H and O–H groups in total. The number of thioether (sulfide) groups is 1. The van der Waals surface area contributed by atoms with E-state index in [1.165, 1.54) is 11.8 Å². The van der Waals surface area contributed by atoms with Crippen molar-refractivity contribution >= 4 is 28.6 Å². The van der Waals surface area contributed by atoms with Crippen LogP contribution in [0.3, 0.4) is 0 Å². The largest absolute Gasteiger partial charge is 0.481 e. The first-order valence-corrected chi connectivity index (χ1v) is 9.08. The van der Waals surface area contributed by atoms with Gasteiger partial charge in [-0.2, -0.15) is 5.26 Å². The molecule has 0 amide bonds. The smallest absolute Gasteiger partial charge is 0.313 e. The molecule has 0 aliphatic heterocycles. The van der Waals surface area contributed by atoms with E-state index in [0.29, 0.717) is 0 Å². The molecule has 0 unspecified atom stereocenters. The molecule has 0 atom stereocenters. The summed E-state index contributed by atoms with van der Waals surface area (Å²) >= 11 is 1.32. The molecule has 3 aromatic rings. The monoisotopic (exact) mass is 348 g/mol. The number of nitrogens with one attached hydrogen (secondary N) is 1. The van der Waals surface area contributed by atoms with Gasteiger partial charge in [-0.25, -0.2) is 0 Å². The first-order chi connectivity index (χ1) is 12.1. The second-order valence-corrected chi connectivity index (χ2v) is 7.44. The molecule has 0 bridgehead atoms. The van der Waals surface area contributed by atoms with Crippen LogP contribution in [-0.2, 0) is 10.2 Å². The van der Waals surface area contributed by atoms with E-state index < -0.39 is 5.97 Å². The van der Waals surface area contributed by atoms with Gasteiger partial charge in [-0.05, 0) is 54.3 Å². The fraction of sp³-hybridized carbons (Fsp3) is 0.200. The number of aromatic nitrogens is 1. The lowest BCUT2D eigenvalue weighted by Crippen LogP contribution is -2.02. The molecular weight excluding hydrogens is 332 g/mol. The third kappa shape index (κ3) is 3.01. The molecule has 2 aromatic carbocycles. The molecular formula is C20H16N2O2S. The van der Waals surface area contributed by atoms with Gasteiger partial charge in [0, 0.05) is 21.5 Å². The van der Waals surface area contributed by atoms with Gasteiger partial charge in [0.25, 0.3) is 0 Å². The van der Waals surface area contributed by atoms with Crippen molar-refractivity contribution in [2.45, 2.75) is 23.2 Å². The number of nitriles is 1. The van der Waals surface area contributed by atoms with Crippen LogP contribution in [0.15, 0.2) is 53.4 Å². The van der Waals surface area contributed by atoms with Crippen molar-refractivity contribution in [3.63, 3.8) is 0 Å². The van der Waals surface area contributed by atoms with E-state index in [1.807, 2.05) is 36.4 Å². The fourth-order valence-electron chi connectivity index (χ4n) is 3.08. The second kappa shape index (κ2) is 5.98. The minimum atomic E-state index is -0.817. The summed E-state index contributed by atoms with van der Waals surface area (Å²) in [6.45, 7) is 0. The number of carboxylic acids is 1. The number of benzene rings is 2. The van der Waals surface area contributed by atoms with Gasteiger partial charge in [0.2, 0.25) is 0 Å². The zero-order valence-corrected chi connectivity index (χ0v) is 14.3. The van der Waals surface area contributed by atoms with Gasteiger partial charge < -0.3 is 10.1 Å². The van der Waals surface area contributed by atoms with E-state index in [9.17, 15) is 10.1 Å². The lowest BCUT2D eigenvalue weighted by atomic mass is 9.95. The highest BCUT2D eigenvalue weighted by Crippen LogP contribution is 2.48. The van der Waals surface area contributed by atoms with E-state index in [2.05, 4.69) is 23.2 Å². The Bertz CT molecular complexity index is 1010. The summed E-state index contributed by atoms with van der Waals surface area (Å²) in [4.78, 5) is 15.1. The Morgan fingerprint density at radius 1 is 1.24 bits per heavy atom. The standard InChI is InChI=1S/C20H16N2O2S/c21-12-20(6-7-20)15-3-1-2-13(8-15)18-10-14-9-16(25-11-19(23)24)4-5-17(14)22-18/h1-5,8-10,22H,6-7,11H2,(H,23,24). The van der Waals surface area contributed by atoms with E-state index in [1.54, 1.807) is 0 Å². The second-order valence-electron chi connectivity index (χ2n) is 6.39. The van der Waals surface area contributed by atoms with Gasteiger partial charge in [0.1, 0.15) is 0 Å².